The number of nitrogens with one attached hydrogen (secondary N) is 3. The van der Waals surface area contributed by atoms with E-state index in [1.165, 1.54) is 11.3 Å². The first-order chi connectivity index (χ1) is 12.5. The Hall–Kier alpha value is -2.67. The van der Waals surface area contributed by atoms with Crippen LogP contribution in [-0.2, 0) is 16.1 Å². The second kappa shape index (κ2) is 9.72. The fourth-order valence-electron chi connectivity index (χ4n) is 2.29. The van der Waals surface area contributed by atoms with Gasteiger partial charge in [0.15, 0.2) is 0 Å². The Morgan fingerprint density at radius 1 is 1.15 bits per heavy atom. The molecule has 0 saturated heterocycles. The van der Waals surface area contributed by atoms with Crippen LogP contribution in [-0.4, -0.2) is 23.8 Å². The molecule has 0 radical (unpaired) electrons. The monoisotopic (exact) mass is 373 g/mol. The molecule has 1 unspecified atom stereocenters. The van der Waals surface area contributed by atoms with Crippen LogP contribution in [0.2, 0.25) is 0 Å². The third-order valence-corrected chi connectivity index (χ3v) is 4.51. The van der Waals surface area contributed by atoms with Gasteiger partial charge >= 0.3 is 0 Å². The van der Waals surface area contributed by atoms with Gasteiger partial charge in [0.1, 0.15) is 6.04 Å². The molecule has 0 aliphatic carbocycles. The number of anilines is 1. The number of benzene rings is 1. The molecule has 1 aromatic carbocycles. The Labute approximate surface area is 157 Å². The van der Waals surface area contributed by atoms with Crippen molar-refractivity contribution in [1.82, 2.24) is 10.6 Å². The molecule has 3 amide bonds. The molecule has 2 aromatic rings. The first kappa shape index (κ1) is 19.7. The molecule has 6 nitrogen and oxygen atoms in total. The van der Waals surface area contributed by atoms with Gasteiger partial charge in [-0.05, 0) is 42.5 Å². The van der Waals surface area contributed by atoms with Crippen LogP contribution in [0.15, 0.2) is 41.8 Å². The van der Waals surface area contributed by atoms with E-state index in [1.54, 1.807) is 19.1 Å². The highest BCUT2D eigenvalue weighted by molar-refractivity contribution is 7.12. The average Bonchev–Trinajstić information content (AvgIpc) is 3.15. The number of hydrogen-bond donors (Lipinski definition) is 3. The van der Waals surface area contributed by atoms with Crippen LogP contribution in [0.3, 0.4) is 0 Å². The lowest BCUT2D eigenvalue weighted by atomic mass is 10.2. The van der Waals surface area contributed by atoms with Gasteiger partial charge in [0, 0.05) is 18.7 Å². The lowest BCUT2D eigenvalue weighted by Crippen LogP contribution is -2.44. The summed E-state index contributed by atoms with van der Waals surface area (Å²) in [7, 11) is 0. The van der Waals surface area contributed by atoms with E-state index in [1.807, 2.05) is 36.6 Å². The van der Waals surface area contributed by atoms with Crippen LogP contribution in [0.1, 0.15) is 41.9 Å². The third-order valence-electron chi connectivity index (χ3n) is 3.64. The van der Waals surface area contributed by atoms with Crippen LogP contribution in [0.4, 0.5) is 5.69 Å². The van der Waals surface area contributed by atoms with Crippen molar-refractivity contribution < 1.29 is 14.4 Å². The number of amides is 3. The van der Waals surface area contributed by atoms with Gasteiger partial charge in [-0.15, -0.1) is 11.3 Å². The van der Waals surface area contributed by atoms with E-state index >= 15 is 0 Å². The standard InChI is InChI=1S/C19H23N3O3S/c1-3-6-17(23)22-15-8-4-7-14(11-15)12-20-18(24)13(2)21-19(25)16-9-5-10-26-16/h4-5,7-11,13H,3,6,12H2,1-2H3,(H,20,24)(H,21,25)(H,22,23). The van der Waals surface area contributed by atoms with Gasteiger partial charge in [-0.3, -0.25) is 14.4 Å². The quantitative estimate of drug-likeness (QED) is 0.665. The summed E-state index contributed by atoms with van der Waals surface area (Å²) in [5.41, 5.74) is 1.57. The fraction of sp³-hybridized carbons (Fsp3) is 0.316. The molecule has 0 spiro atoms. The zero-order chi connectivity index (χ0) is 18.9. The van der Waals surface area contributed by atoms with E-state index < -0.39 is 6.04 Å². The third kappa shape index (κ3) is 6.00. The molecule has 1 aromatic heterocycles. The van der Waals surface area contributed by atoms with Crippen LogP contribution < -0.4 is 16.0 Å². The minimum Gasteiger partial charge on any atom is -0.350 e. The molecule has 1 atom stereocenters. The van der Waals surface area contributed by atoms with Gasteiger partial charge in [0.05, 0.1) is 4.88 Å². The number of hydrogen-bond acceptors (Lipinski definition) is 4. The summed E-state index contributed by atoms with van der Waals surface area (Å²) in [6.45, 7) is 3.90. The summed E-state index contributed by atoms with van der Waals surface area (Å²) in [5.74, 6) is -0.558. The number of rotatable bonds is 8. The van der Waals surface area contributed by atoms with Gasteiger partial charge in [0.2, 0.25) is 11.8 Å². The molecule has 7 heteroatoms. The molecule has 0 aliphatic heterocycles. The van der Waals surface area contributed by atoms with Gasteiger partial charge in [0.25, 0.3) is 5.91 Å². The maximum atomic E-state index is 12.2. The highest BCUT2D eigenvalue weighted by Crippen LogP contribution is 2.11. The van der Waals surface area contributed by atoms with Crippen molar-refractivity contribution in [3.63, 3.8) is 0 Å². The maximum absolute atomic E-state index is 12.2. The van der Waals surface area contributed by atoms with Crippen molar-refractivity contribution in [2.24, 2.45) is 0 Å². The Morgan fingerprint density at radius 2 is 1.96 bits per heavy atom. The van der Waals surface area contributed by atoms with Gasteiger partial charge < -0.3 is 16.0 Å². The lowest BCUT2D eigenvalue weighted by molar-refractivity contribution is -0.122. The number of thiophene rings is 1. The molecule has 0 saturated carbocycles. The molecule has 0 bridgehead atoms. The predicted octanol–water partition coefficient (Wildman–Crippen LogP) is 2.92. The zero-order valence-electron chi connectivity index (χ0n) is 14.9. The summed E-state index contributed by atoms with van der Waals surface area (Å²) in [6.07, 6.45) is 1.26. The van der Waals surface area contributed by atoms with Crippen molar-refractivity contribution in [3.8, 4) is 0 Å². The maximum Gasteiger partial charge on any atom is 0.261 e. The Balaban J connectivity index is 1.84. The topological polar surface area (TPSA) is 87.3 Å². The number of carbonyl (C=O) groups excluding carboxylic acids is 3. The predicted molar refractivity (Wildman–Crippen MR) is 103 cm³/mol. The summed E-state index contributed by atoms with van der Waals surface area (Å²) in [6, 6.07) is 10.2. The first-order valence-corrected chi connectivity index (χ1v) is 9.38. The lowest BCUT2D eigenvalue weighted by Gasteiger charge is -2.14. The van der Waals surface area contributed by atoms with Crippen LogP contribution in [0.5, 0.6) is 0 Å². The van der Waals surface area contributed by atoms with E-state index in [4.69, 9.17) is 0 Å². The number of carbonyl (C=O) groups is 3. The Kier molecular flexibility index (Phi) is 7.35. The average molecular weight is 373 g/mol. The molecule has 26 heavy (non-hydrogen) atoms. The highest BCUT2D eigenvalue weighted by Gasteiger charge is 2.16. The summed E-state index contributed by atoms with van der Waals surface area (Å²) in [5, 5.41) is 10.1. The van der Waals surface area contributed by atoms with E-state index in [0.29, 0.717) is 23.5 Å². The largest absolute Gasteiger partial charge is 0.350 e. The zero-order valence-corrected chi connectivity index (χ0v) is 15.7. The summed E-state index contributed by atoms with van der Waals surface area (Å²) in [4.78, 5) is 36.4. The summed E-state index contributed by atoms with van der Waals surface area (Å²) >= 11 is 1.33. The van der Waals surface area contributed by atoms with E-state index in [9.17, 15) is 14.4 Å². The molecule has 138 valence electrons. The van der Waals surface area contributed by atoms with Crippen LogP contribution in [0.25, 0.3) is 0 Å². The van der Waals surface area contributed by atoms with Gasteiger partial charge in [-0.25, -0.2) is 0 Å². The Bertz CT molecular complexity index is 759. The second-order valence-corrected chi connectivity index (χ2v) is 6.84. The van der Waals surface area contributed by atoms with E-state index in [0.717, 1.165) is 12.0 Å². The minimum atomic E-state index is -0.642. The van der Waals surface area contributed by atoms with E-state index in [-0.39, 0.29) is 17.7 Å². The Morgan fingerprint density at radius 3 is 2.65 bits per heavy atom. The van der Waals surface area contributed by atoms with Crippen LogP contribution in [0, 0.1) is 0 Å². The van der Waals surface area contributed by atoms with Crippen molar-refractivity contribution in [2.75, 3.05) is 5.32 Å². The van der Waals surface area contributed by atoms with Crippen molar-refractivity contribution in [3.05, 3.63) is 52.2 Å². The molecule has 1 heterocycles. The van der Waals surface area contributed by atoms with E-state index in [2.05, 4.69) is 16.0 Å². The molecular weight excluding hydrogens is 350 g/mol. The molecule has 3 N–H and O–H groups in total. The summed E-state index contributed by atoms with van der Waals surface area (Å²) < 4.78 is 0. The molecule has 0 fully saturated rings. The van der Waals surface area contributed by atoms with Gasteiger partial charge in [-0.1, -0.05) is 25.1 Å². The van der Waals surface area contributed by atoms with Gasteiger partial charge in [-0.2, -0.15) is 0 Å². The SMILES string of the molecule is CCCC(=O)Nc1cccc(CNC(=O)C(C)NC(=O)c2cccs2)c1. The minimum absolute atomic E-state index is 0.0291. The second-order valence-electron chi connectivity index (χ2n) is 5.89. The molecule has 0 aliphatic rings. The fourth-order valence-corrected chi connectivity index (χ4v) is 2.92. The molecular formula is C19H23N3O3S. The van der Waals surface area contributed by atoms with Crippen molar-refractivity contribution in [1.29, 1.82) is 0 Å². The van der Waals surface area contributed by atoms with Crippen molar-refractivity contribution >= 4 is 34.7 Å². The normalized spacial score (nSPS) is 11.5. The molecule has 2 rings (SSSR count). The highest BCUT2D eigenvalue weighted by atomic mass is 32.1. The van der Waals surface area contributed by atoms with Crippen LogP contribution >= 0.6 is 11.3 Å². The first-order valence-electron chi connectivity index (χ1n) is 8.50. The smallest absolute Gasteiger partial charge is 0.261 e. The van der Waals surface area contributed by atoms with Crippen molar-refractivity contribution in [2.45, 2.75) is 39.3 Å².